The average Bonchev–Trinajstić information content (AvgIpc) is 3.04. The van der Waals surface area contributed by atoms with Crippen molar-refractivity contribution in [1.82, 2.24) is 9.62 Å². The summed E-state index contributed by atoms with van der Waals surface area (Å²) in [5, 5.41) is 3.09. The normalized spacial score (nSPS) is 16.5. The zero-order chi connectivity index (χ0) is 22.6. The molecule has 1 aliphatic rings. The number of hydrogen-bond acceptors (Lipinski definition) is 3. The Labute approximate surface area is 186 Å². The van der Waals surface area contributed by atoms with E-state index in [1.54, 1.807) is 23.4 Å². The zero-order valence-electron chi connectivity index (χ0n) is 19.1. The van der Waals surface area contributed by atoms with Gasteiger partial charge in [-0.3, -0.25) is 4.79 Å². The van der Waals surface area contributed by atoms with Crippen LogP contribution in [0.2, 0.25) is 0 Å². The molecular formula is C25H34N2O3S. The fourth-order valence-electron chi connectivity index (χ4n) is 4.08. The van der Waals surface area contributed by atoms with Crippen LogP contribution < -0.4 is 5.32 Å². The molecule has 168 valence electrons. The predicted molar refractivity (Wildman–Crippen MR) is 125 cm³/mol. The van der Waals surface area contributed by atoms with Crippen molar-refractivity contribution in [1.29, 1.82) is 0 Å². The smallest absolute Gasteiger partial charge is 0.251 e. The van der Waals surface area contributed by atoms with E-state index in [0.717, 1.165) is 37.7 Å². The molecule has 2 aromatic carbocycles. The fourth-order valence-corrected chi connectivity index (χ4v) is 5.85. The maximum Gasteiger partial charge on any atom is 0.251 e. The number of carbonyl (C=O) groups is 1. The Morgan fingerprint density at radius 1 is 0.935 bits per heavy atom. The second-order valence-electron chi connectivity index (χ2n) is 8.58. The van der Waals surface area contributed by atoms with E-state index in [4.69, 9.17) is 0 Å². The van der Waals surface area contributed by atoms with Crippen LogP contribution >= 0.6 is 0 Å². The van der Waals surface area contributed by atoms with Gasteiger partial charge in [-0.2, -0.15) is 4.31 Å². The monoisotopic (exact) mass is 442 g/mol. The van der Waals surface area contributed by atoms with Gasteiger partial charge in [0.05, 0.1) is 10.9 Å². The van der Waals surface area contributed by atoms with Crippen LogP contribution in [0.25, 0.3) is 0 Å². The molecule has 0 aliphatic carbocycles. The fraction of sp³-hybridized carbons (Fsp3) is 0.480. The van der Waals surface area contributed by atoms with E-state index in [1.165, 1.54) is 17.2 Å². The van der Waals surface area contributed by atoms with Crippen molar-refractivity contribution in [3.63, 3.8) is 0 Å². The number of rotatable bonds is 6. The van der Waals surface area contributed by atoms with Crippen LogP contribution in [0.15, 0.2) is 41.3 Å². The first-order valence-electron chi connectivity index (χ1n) is 11.2. The molecular weight excluding hydrogens is 408 g/mol. The molecule has 3 rings (SSSR count). The van der Waals surface area contributed by atoms with Gasteiger partial charge < -0.3 is 5.32 Å². The first-order chi connectivity index (χ1) is 14.7. The molecule has 2 aromatic rings. The minimum absolute atomic E-state index is 0.126. The summed E-state index contributed by atoms with van der Waals surface area (Å²) >= 11 is 0. The highest BCUT2D eigenvalue weighted by molar-refractivity contribution is 7.89. The van der Waals surface area contributed by atoms with Gasteiger partial charge in [0, 0.05) is 18.7 Å². The van der Waals surface area contributed by atoms with Gasteiger partial charge in [0.2, 0.25) is 10.0 Å². The lowest BCUT2D eigenvalue weighted by atomic mass is 9.99. The van der Waals surface area contributed by atoms with Gasteiger partial charge in [-0.05, 0) is 74.4 Å². The molecule has 1 amide bonds. The highest BCUT2D eigenvalue weighted by Crippen LogP contribution is 2.25. The van der Waals surface area contributed by atoms with E-state index in [2.05, 4.69) is 31.3 Å². The van der Waals surface area contributed by atoms with E-state index >= 15 is 0 Å². The van der Waals surface area contributed by atoms with E-state index in [-0.39, 0.29) is 16.8 Å². The summed E-state index contributed by atoms with van der Waals surface area (Å²) in [7, 11) is -3.62. The third-order valence-corrected chi connectivity index (χ3v) is 8.32. The maximum absolute atomic E-state index is 13.3. The largest absolute Gasteiger partial charge is 0.345 e. The molecule has 0 bridgehead atoms. The van der Waals surface area contributed by atoms with E-state index < -0.39 is 10.0 Å². The topological polar surface area (TPSA) is 66.5 Å². The second kappa shape index (κ2) is 9.96. The molecule has 0 unspecified atom stereocenters. The Hall–Kier alpha value is -2.18. The molecule has 1 atom stereocenters. The quantitative estimate of drug-likeness (QED) is 0.680. The van der Waals surface area contributed by atoms with Gasteiger partial charge in [-0.25, -0.2) is 8.42 Å². The van der Waals surface area contributed by atoms with Crippen molar-refractivity contribution in [2.75, 3.05) is 13.1 Å². The summed E-state index contributed by atoms with van der Waals surface area (Å²) in [5.74, 6) is -0.252. The van der Waals surface area contributed by atoms with Crippen molar-refractivity contribution in [3.8, 4) is 0 Å². The summed E-state index contributed by atoms with van der Waals surface area (Å²) in [5.41, 5.74) is 4.50. The highest BCUT2D eigenvalue weighted by Gasteiger charge is 2.27. The minimum Gasteiger partial charge on any atom is -0.345 e. The van der Waals surface area contributed by atoms with E-state index in [1.807, 2.05) is 13.0 Å². The molecule has 31 heavy (non-hydrogen) atoms. The molecule has 6 heteroatoms. The Kier molecular flexibility index (Phi) is 7.55. The molecule has 0 radical (unpaired) electrons. The Morgan fingerprint density at radius 2 is 1.58 bits per heavy atom. The third-order valence-electron chi connectivity index (χ3n) is 6.28. The van der Waals surface area contributed by atoms with E-state index in [9.17, 15) is 13.2 Å². The van der Waals surface area contributed by atoms with Crippen molar-refractivity contribution in [2.24, 2.45) is 0 Å². The summed E-state index contributed by atoms with van der Waals surface area (Å²) < 4.78 is 28.2. The van der Waals surface area contributed by atoms with Crippen LogP contribution in [0.1, 0.15) is 77.7 Å². The number of nitrogens with zero attached hydrogens (tertiary/aromatic N) is 1. The third kappa shape index (κ3) is 5.36. The lowest BCUT2D eigenvalue weighted by Gasteiger charge is -2.22. The van der Waals surface area contributed by atoms with Gasteiger partial charge in [0.15, 0.2) is 0 Å². The molecule has 1 aliphatic heterocycles. The Bertz CT molecular complexity index is 1040. The molecule has 0 spiro atoms. The molecule has 1 saturated heterocycles. The van der Waals surface area contributed by atoms with Crippen LogP contribution in [0, 0.1) is 20.8 Å². The molecule has 5 nitrogen and oxygen atoms in total. The molecule has 0 saturated carbocycles. The first kappa shape index (κ1) is 23.5. The highest BCUT2D eigenvalue weighted by atomic mass is 32.2. The van der Waals surface area contributed by atoms with Crippen LogP contribution in [-0.2, 0) is 10.0 Å². The molecule has 0 aromatic heterocycles. The van der Waals surface area contributed by atoms with Gasteiger partial charge in [0.25, 0.3) is 5.91 Å². The van der Waals surface area contributed by atoms with Crippen LogP contribution in [0.4, 0.5) is 0 Å². The second-order valence-corrected chi connectivity index (χ2v) is 10.5. The summed E-state index contributed by atoms with van der Waals surface area (Å²) in [6, 6.07) is 11.1. The van der Waals surface area contributed by atoms with Gasteiger partial charge in [0.1, 0.15) is 0 Å². The number of nitrogens with one attached hydrogen (secondary N) is 1. The first-order valence-corrected chi connectivity index (χ1v) is 12.7. The Morgan fingerprint density at radius 3 is 2.19 bits per heavy atom. The lowest BCUT2D eigenvalue weighted by molar-refractivity contribution is 0.0935. The number of aryl methyl sites for hydroxylation is 3. The molecule has 1 N–H and O–H groups in total. The molecule has 1 fully saturated rings. The molecule has 1 heterocycles. The summed E-state index contributed by atoms with van der Waals surface area (Å²) in [6.45, 7) is 9.04. The SMILES string of the molecule is CC[C@H](NC(=O)c1ccc(C)c(S(=O)(=O)N2CCCCCC2)c1)c1ccc(C)c(C)c1. The maximum atomic E-state index is 13.3. The number of amides is 1. The van der Waals surface area contributed by atoms with Gasteiger partial charge >= 0.3 is 0 Å². The number of hydrogen-bond donors (Lipinski definition) is 1. The van der Waals surface area contributed by atoms with E-state index in [0.29, 0.717) is 24.2 Å². The van der Waals surface area contributed by atoms with Crippen molar-refractivity contribution >= 4 is 15.9 Å². The van der Waals surface area contributed by atoms with Crippen LogP contribution in [0.5, 0.6) is 0 Å². The predicted octanol–water partition coefficient (Wildman–Crippen LogP) is 5.06. The number of carbonyl (C=O) groups excluding carboxylic acids is 1. The summed E-state index contributed by atoms with van der Waals surface area (Å²) in [6.07, 6.45) is 4.63. The minimum atomic E-state index is -3.62. The van der Waals surface area contributed by atoms with Crippen LogP contribution in [-0.4, -0.2) is 31.7 Å². The van der Waals surface area contributed by atoms with Crippen molar-refractivity contribution < 1.29 is 13.2 Å². The summed E-state index contributed by atoms with van der Waals surface area (Å²) in [4.78, 5) is 13.3. The Balaban J connectivity index is 1.85. The number of benzene rings is 2. The lowest BCUT2D eigenvalue weighted by Crippen LogP contribution is -2.33. The number of sulfonamides is 1. The van der Waals surface area contributed by atoms with Gasteiger partial charge in [-0.15, -0.1) is 0 Å². The van der Waals surface area contributed by atoms with Crippen molar-refractivity contribution in [3.05, 3.63) is 64.2 Å². The van der Waals surface area contributed by atoms with Crippen molar-refractivity contribution in [2.45, 2.75) is 70.7 Å². The van der Waals surface area contributed by atoms with Gasteiger partial charge in [-0.1, -0.05) is 44.0 Å². The zero-order valence-corrected chi connectivity index (χ0v) is 19.9. The average molecular weight is 443 g/mol. The van der Waals surface area contributed by atoms with Crippen LogP contribution in [0.3, 0.4) is 0 Å². The standard InChI is InChI=1S/C25H34N2O3S/c1-5-23(21-12-10-18(2)20(4)16-21)26-25(28)22-13-11-19(3)24(17-22)31(29,30)27-14-8-6-7-9-15-27/h10-13,16-17,23H,5-9,14-15H2,1-4H3,(H,26,28)/t23-/m0/s1.